The first-order valence-electron chi connectivity index (χ1n) is 10.4. The van der Waals surface area contributed by atoms with Crippen LogP contribution in [0, 0.1) is 0 Å². The van der Waals surface area contributed by atoms with Gasteiger partial charge in [-0.2, -0.15) is 0 Å². The number of nitrogens with zero attached hydrogens (tertiary/aromatic N) is 5. The maximum absolute atomic E-state index is 6.57. The van der Waals surface area contributed by atoms with E-state index in [2.05, 4.69) is 37.3 Å². The monoisotopic (exact) mass is 440 g/mol. The van der Waals surface area contributed by atoms with E-state index >= 15 is 0 Å². The molecule has 1 saturated heterocycles. The number of hydrogen-bond acceptors (Lipinski definition) is 7. The van der Waals surface area contributed by atoms with Crippen molar-refractivity contribution >= 4 is 40.0 Å². The maximum atomic E-state index is 6.57. The van der Waals surface area contributed by atoms with Gasteiger partial charge in [-0.3, -0.25) is 4.99 Å². The van der Waals surface area contributed by atoms with E-state index in [-0.39, 0.29) is 12.0 Å². The van der Waals surface area contributed by atoms with E-state index in [0.717, 1.165) is 77.3 Å². The first-order valence-corrected chi connectivity index (χ1v) is 11.6. The van der Waals surface area contributed by atoms with Crippen LogP contribution in [-0.2, 0) is 17.8 Å². The van der Waals surface area contributed by atoms with E-state index in [1.165, 1.54) is 0 Å². The molecule has 7 nitrogen and oxygen atoms in total. The minimum Gasteiger partial charge on any atom is -0.372 e. The number of ether oxygens (including phenoxy) is 1. The molecule has 154 valence electrons. The van der Waals surface area contributed by atoms with Crippen LogP contribution in [0.1, 0.15) is 65.4 Å². The maximum Gasteiger partial charge on any atom is 0.210 e. The number of fused-ring (bicyclic) bond motifs is 2. The van der Waals surface area contributed by atoms with Gasteiger partial charge in [0, 0.05) is 31.1 Å². The lowest BCUT2D eigenvalue weighted by Gasteiger charge is -2.20. The van der Waals surface area contributed by atoms with E-state index in [1.54, 1.807) is 11.3 Å². The average Bonchev–Trinajstić information content (AvgIpc) is 3.54. The highest BCUT2D eigenvalue weighted by Gasteiger charge is 2.30. The van der Waals surface area contributed by atoms with E-state index in [1.807, 2.05) is 12.3 Å². The van der Waals surface area contributed by atoms with Gasteiger partial charge >= 0.3 is 0 Å². The van der Waals surface area contributed by atoms with Crippen molar-refractivity contribution in [1.82, 2.24) is 19.7 Å². The van der Waals surface area contributed by atoms with Crippen molar-refractivity contribution in [2.75, 3.05) is 11.9 Å². The molecule has 5 heterocycles. The number of aryl methyl sites for hydroxylation is 1. The zero-order chi connectivity index (χ0) is 20.1. The Balaban J connectivity index is 1.26. The Morgan fingerprint density at radius 1 is 1.20 bits per heavy atom. The Kier molecular flexibility index (Phi) is 4.58. The number of aromatic nitrogens is 4. The molecule has 0 bridgehead atoms. The summed E-state index contributed by atoms with van der Waals surface area (Å²) in [6, 6.07) is 4.04. The summed E-state index contributed by atoms with van der Waals surface area (Å²) < 4.78 is 8.11. The third-order valence-electron chi connectivity index (χ3n) is 6.02. The van der Waals surface area contributed by atoms with Crippen molar-refractivity contribution < 1.29 is 4.74 Å². The van der Waals surface area contributed by atoms with E-state index in [0.29, 0.717) is 11.6 Å². The number of anilines is 2. The molecule has 0 radical (unpaired) electrons. The van der Waals surface area contributed by atoms with Gasteiger partial charge in [-0.15, -0.1) is 10.2 Å². The number of imidazole rings is 1. The van der Waals surface area contributed by atoms with Gasteiger partial charge in [-0.1, -0.05) is 29.0 Å². The molecule has 2 unspecified atom stereocenters. The fraction of sp³-hybridized carbons (Fsp3) is 0.429. The average molecular weight is 441 g/mol. The first kappa shape index (κ1) is 18.5. The molecular weight excluding hydrogens is 420 g/mol. The fourth-order valence-electron chi connectivity index (χ4n) is 4.49. The van der Waals surface area contributed by atoms with E-state index in [9.17, 15) is 0 Å². The third-order valence-corrected chi connectivity index (χ3v) is 7.38. The highest BCUT2D eigenvalue weighted by Crippen LogP contribution is 2.39. The van der Waals surface area contributed by atoms with Gasteiger partial charge in [-0.05, 0) is 37.3 Å². The van der Waals surface area contributed by atoms with Crippen molar-refractivity contribution in [1.29, 1.82) is 0 Å². The highest BCUT2D eigenvalue weighted by atomic mass is 35.5. The van der Waals surface area contributed by atoms with Crippen molar-refractivity contribution in [3.8, 4) is 0 Å². The van der Waals surface area contributed by atoms with Crippen LogP contribution in [0.15, 0.2) is 23.3 Å². The molecule has 3 aromatic rings. The molecule has 6 rings (SSSR count). The zero-order valence-corrected chi connectivity index (χ0v) is 17.9. The molecule has 0 aliphatic carbocycles. The van der Waals surface area contributed by atoms with Crippen molar-refractivity contribution in [2.45, 2.75) is 50.8 Å². The van der Waals surface area contributed by atoms with E-state index < -0.39 is 0 Å². The number of nitrogens with one attached hydrogen (secondary N) is 1. The Labute approximate surface area is 183 Å². The molecule has 3 aliphatic rings. The smallest absolute Gasteiger partial charge is 0.210 e. The lowest BCUT2D eigenvalue weighted by atomic mass is 10.00. The Morgan fingerprint density at radius 3 is 3.07 bits per heavy atom. The summed E-state index contributed by atoms with van der Waals surface area (Å²) in [6.45, 7) is 2.53. The third kappa shape index (κ3) is 3.14. The van der Waals surface area contributed by atoms with Crippen LogP contribution in [0.2, 0.25) is 5.02 Å². The largest absolute Gasteiger partial charge is 0.372 e. The van der Waals surface area contributed by atoms with Crippen LogP contribution in [0.5, 0.6) is 0 Å². The summed E-state index contributed by atoms with van der Waals surface area (Å²) >= 11 is 8.14. The highest BCUT2D eigenvalue weighted by molar-refractivity contribution is 7.15. The quantitative estimate of drug-likeness (QED) is 0.628. The molecule has 0 spiro atoms. The van der Waals surface area contributed by atoms with Crippen molar-refractivity contribution in [3.63, 3.8) is 0 Å². The molecule has 2 aromatic heterocycles. The van der Waals surface area contributed by atoms with Gasteiger partial charge < -0.3 is 14.6 Å². The van der Waals surface area contributed by atoms with Gasteiger partial charge in [0.1, 0.15) is 16.9 Å². The zero-order valence-electron chi connectivity index (χ0n) is 16.3. The predicted octanol–water partition coefficient (Wildman–Crippen LogP) is 4.84. The van der Waals surface area contributed by atoms with Gasteiger partial charge in [-0.25, -0.2) is 4.98 Å². The minimum atomic E-state index is 0.140. The van der Waals surface area contributed by atoms with Crippen LogP contribution in [0.25, 0.3) is 0 Å². The SMILES string of the molecule is Clc1c(Nc2nnc(C3CCCn4cc(C5CCCO5)nc43)s2)ccc2c1C=NC2. The van der Waals surface area contributed by atoms with Gasteiger partial charge in [0.15, 0.2) is 0 Å². The second-order valence-electron chi connectivity index (χ2n) is 7.95. The lowest BCUT2D eigenvalue weighted by molar-refractivity contribution is 0.109. The Hall–Kier alpha value is -2.29. The first-order chi connectivity index (χ1) is 14.8. The summed E-state index contributed by atoms with van der Waals surface area (Å²) in [6.07, 6.45) is 8.45. The summed E-state index contributed by atoms with van der Waals surface area (Å²) in [5, 5.41) is 14.6. The number of benzene rings is 1. The van der Waals surface area contributed by atoms with Crippen LogP contribution < -0.4 is 5.32 Å². The number of halogens is 1. The molecule has 2 atom stereocenters. The standard InChI is InChI=1S/C21H21ClN6OS/c22-18-14-10-23-9-12(14)5-6-15(18)25-21-27-26-20(30-21)13-3-1-7-28-11-16(24-19(13)28)17-4-2-8-29-17/h5-6,10-11,13,17H,1-4,7-9H2,(H,25,27). The molecule has 3 aliphatic heterocycles. The molecule has 0 saturated carbocycles. The van der Waals surface area contributed by atoms with Crippen molar-refractivity contribution in [3.05, 3.63) is 51.0 Å². The topological polar surface area (TPSA) is 77.2 Å². The van der Waals surface area contributed by atoms with Crippen LogP contribution in [-0.4, -0.2) is 32.6 Å². The Bertz CT molecular complexity index is 1130. The molecular formula is C21H21ClN6OS. The van der Waals surface area contributed by atoms with Crippen LogP contribution >= 0.6 is 22.9 Å². The second-order valence-corrected chi connectivity index (χ2v) is 9.34. The number of rotatable bonds is 4. The van der Waals surface area contributed by atoms with Gasteiger partial charge in [0.2, 0.25) is 5.13 Å². The summed E-state index contributed by atoms with van der Waals surface area (Å²) in [7, 11) is 0. The molecule has 1 aromatic carbocycles. The lowest BCUT2D eigenvalue weighted by Crippen LogP contribution is -2.16. The summed E-state index contributed by atoms with van der Waals surface area (Å²) in [5.41, 5.74) is 4.03. The number of aliphatic imine (C=N–C) groups is 1. The van der Waals surface area contributed by atoms with Crippen LogP contribution in [0.4, 0.5) is 10.8 Å². The van der Waals surface area contributed by atoms with Gasteiger partial charge in [0.25, 0.3) is 0 Å². The van der Waals surface area contributed by atoms with Crippen molar-refractivity contribution in [2.24, 2.45) is 4.99 Å². The molecule has 1 N–H and O–H groups in total. The predicted molar refractivity (Wildman–Crippen MR) is 117 cm³/mol. The number of hydrogen-bond donors (Lipinski definition) is 1. The summed E-state index contributed by atoms with van der Waals surface area (Å²) in [4.78, 5) is 9.25. The molecule has 9 heteroatoms. The summed E-state index contributed by atoms with van der Waals surface area (Å²) in [5.74, 6) is 1.26. The molecule has 1 fully saturated rings. The molecule has 30 heavy (non-hydrogen) atoms. The van der Waals surface area contributed by atoms with Crippen LogP contribution in [0.3, 0.4) is 0 Å². The van der Waals surface area contributed by atoms with Gasteiger partial charge in [0.05, 0.1) is 28.9 Å². The minimum absolute atomic E-state index is 0.140. The van der Waals surface area contributed by atoms with E-state index in [4.69, 9.17) is 21.3 Å². The Morgan fingerprint density at radius 2 is 2.17 bits per heavy atom. The normalized spacial score (nSPS) is 22.3. The second kappa shape index (κ2) is 7.44. The molecule has 0 amide bonds. The fourth-order valence-corrected chi connectivity index (χ4v) is 5.65.